The molecule has 34 heavy (non-hydrogen) atoms. The summed E-state index contributed by atoms with van der Waals surface area (Å²) >= 11 is 0. The number of fused-ring (bicyclic) bond motifs is 1. The molecule has 0 aliphatic carbocycles. The van der Waals surface area contributed by atoms with E-state index < -0.39 is 29.9 Å². The zero-order valence-corrected chi connectivity index (χ0v) is 19.5. The van der Waals surface area contributed by atoms with Gasteiger partial charge in [-0.3, -0.25) is 14.5 Å². The Morgan fingerprint density at radius 2 is 1.76 bits per heavy atom. The van der Waals surface area contributed by atoms with Crippen LogP contribution in [0.3, 0.4) is 0 Å². The van der Waals surface area contributed by atoms with Gasteiger partial charge in [0.25, 0.3) is 5.91 Å². The van der Waals surface area contributed by atoms with E-state index in [0.717, 1.165) is 26.8 Å². The Morgan fingerprint density at radius 1 is 1.03 bits per heavy atom. The number of rotatable bonds is 6. The molecule has 3 aromatic carbocycles. The number of nitriles is 1. The van der Waals surface area contributed by atoms with E-state index in [1.54, 1.807) is 6.92 Å². The monoisotopic (exact) mass is 454 g/mol. The number of benzene rings is 3. The number of anilines is 1. The number of urea groups is 1. The highest BCUT2D eigenvalue weighted by molar-refractivity contribution is 6.10. The third-order valence-corrected chi connectivity index (χ3v) is 6.45. The third kappa shape index (κ3) is 4.11. The molecule has 1 heterocycles. The van der Waals surface area contributed by atoms with Gasteiger partial charge in [0.15, 0.2) is 0 Å². The lowest BCUT2D eigenvalue weighted by Crippen LogP contribution is -2.45. The van der Waals surface area contributed by atoms with Crippen LogP contribution < -0.4 is 10.2 Å². The van der Waals surface area contributed by atoms with E-state index >= 15 is 0 Å². The molecule has 4 rings (SSSR count). The molecule has 7 heteroatoms. The summed E-state index contributed by atoms with van der Waals surface area (Å²) in [5.41, 5.74) is 2.09. The number of hydrogen-bond donors (Lipinski definition) is 1. The second-order valence-corrected chi connectivity index (χ2v) is 8.73. The van der Waals surface area contributed by atoms with Crippen molar-refractivity contribution < 1.29 is 14.4 Å². The summed E-state index contributed by atoms with van der Waals surface area (Å²) in [6.45, 7) is 5.33. The molecule has 0 spiro atoms. The van der Waals surface area contributed by atoms with Crippen molar-refractivity contribution in [3.8, 4) is 6.07 Å². The number of aryl methyl sites for hydroxylation is 2. The van der Waals surface area contributed by atoms with Gasteiger partial charge in [-0.15, -0.1) is 0 Å². The smallest absolute Gasteiger partial charge is 0.319 e. The fourth-order valence-corrected chi connectivity index (χ4v) is 4.21. The number of hydrogen-bond acceptors (Lipinski definition) is 4. The summed E-state index contributed by atoms with van der Waals surface area (Å²) in [5.74, 6) is -0.911. The van der Waals surface area contributed by atoms with Crippen LogP contribution >= 0.6 is 0 Å². The Hall–Kier alpha value is -4.18. The summed E-state index contributed by atoms with van der Waals surface area (Å²) < 4.78 is 0. The van der Waals surface area contributed by atoms with Crippen LogP contribution in [0.1, 0.15) is 30.0 Å². The van der Waals surface area contributed by atoms with Crippen molar-refractivity contribution in [2.75, 3.05) is 18.0 Å². The summed E-state index contributed by atoms with van der Waals surface area (Å²) in [4.78, 5) is 41.9. The molecule has 1 saturated heterocycles. The van der Waals surface area contributed by atoms with Crippen molar-refractivity contribution in [2.24, 2.45) is 0 Å². The summed E-state index contributed by atoms with van der Waals surface area (Å²) in [6.07, 6.45) is 0.133. The average molecular weight is 455 g/mol. The van der Waals surface area contributed by atoms with E-state index in [4.69, 9.17) is 5.26 Å². The van der Waals surface area contributed by atoms with Gasteiger partial charge in [-0.2, -0.15) is 5.26 Å². The van der Waals surface area contributed by atoms with E-state index in [1.807, 2.05) is 74.5 Å². The van der Waals surface area contributed by atoms with Gasteiger partial charge < -0.3 is 10.2 Å². The average Bonchev–Trinajstić information content (AvgIpc) is 3.05. The number of amides is 4. The van der Waals surface area contributed by atoms with Gasteiger partial charge in [-0.25, -0.2) is 4.79 Å². The first kappa shape index (κ1) is 23.0. The van der Waals surface area contributed by atoms with Crippen LogP contribution in [-0.4, -0.2) is 35.8 Å². The van der Waals surface area contributed by atoms with Gasteiger partial charge >= 0.3 is 6.03 Å². The first-order valence-corrected chi connectivity index (χ1v) is 11.1. The number of imide groups is 1. The minimum absolute atomic E-state index is 0.133. The molecule has 1 aliphatic rings. The first-order chi connectivity index (χ1) is 16.2. The van der Waals surface area contributed by atoms with E-state index in [-0.39, 0.29) is 13.0 Å². The molecule has 4 amide bonds. The van der Waals surface area contributed by atoms with Crippen molar-refractivity contribution in [3.05, 3.63) is 77.4 Å². The van der Waals surface area contributed by atoms with Gasteiger partial charge in [0.2, 0.25) is 5.91 Å². The lowest BCUT2D eigenvalue weighted by Gasteiger charge is -2.25. The van der Waals surface area contributed by atoms with Crippen LogP contribution in [-0.2, 0) is 15.1 Å². The van der Waals surface area contributed by atoms with E-state index in [9.17, 15) is 14.4 Å². The van der Waals surface area contributed by atoms with Gasteiger partial charge in [0.05, 0.1) is 12.5 Å². The highest BCUT2D eigenvalue weighted by Crippen LogP contribution is 2.31. The predicted octanol–water partition coefficient (Wildman–Crippen LogP) is 4.17. The standard InChI is InChI=1S/C27H26N4O3/c1-18-9-12-23(15-19(18)2)30(14-6-13-28)24(32)17-31-25(33)27(3,29-26(31)34)22-11-10-20-7-4-5-8-21(20)16-22/h4-5,7-12,15-16H,6,14,17H2,1-3H3,(H,29,34). The van der Waals surface area contributed by atoms with Crippen LogP contribution in [0.2, 0.25) is 0 Å². The minimum atomic E-state index is -1.28. The summed E-state index contributed by atoms with van der Waals surface area (Å²) in [6, 6.07) is 20.4. The molecule has 0 radical (unpaired) electrons. The van der Waals surface area contributed by atoms with Crippen molar-refractivity contribution >= 4 is 34.3 Å². The largest absolute Gasteiger partial charge is 0.325 e. The van der Waals surface area contributed by atoms with E-state index in [1.165, 1.54) is 4.90 Å². The van der Waals surface area contributed by atoms with Crippen LogP contribution in [0, 0.1) is 25.2 Å². The van der Waals surface area contributed by atoms with Crippen LogP contribution in [0.15, 0.2) is 60.7 Å². The number of nitrogens with one attached hydrogen (secondary N) is 1. The molecule has 3 aromatic rings. The van der Waals surface area contributed by atoms with Gasteiger partial charge in [0.1, 0.15) is 12.1 Å². The fourth-order valence-electron chi connectivity index (χ4n) is 4.21. The number of carbonyl (C=O) groups excluding carboxylic acids is 3. The Balaban J connectivity index is 1.60. The molecule has 1 atom stereocenters. The van der Waals surface area contributed by atoms with E-state index in [0.29, 0.717) is 11.3 Å². The van der Waals surface area contributed by atoms with Crippen LogP contribution in [0.5, 0.6) is 0 Å². The highest BCUT2D eigenvalue weighted by Gasteiger charge is 2.49. The van der Waals surface area contributed by atoms with Gasteiger partial charge in [0, 0.05) is 12.2 Å². The predicted molar refractivity (Wildman–Crippen MR) is 130 cm³/mol. The molecule has 0 bridgehead atoms. The van der Waals surface area contributed by atoms with Crippen LogP contribution in [0.4, 0.5) is 10.5 Å². The SMILES string of the molecule is Cc1ccc(N(CCC#N)C(=O)CN2C(=O)NC(C)(c3ccc4ccccc4c3)C2=O)cc1C. The Kier molecular flexibility index (Phi) is 6.08. The maximum Gasteiger partial charge on any atom is 0.325 e. The zero-order chi connectivity index (χ0) is 24.5. The zero-order valence-electron chi connectivity index (χ0n) is 19.5. The molecular weight excluding hydrogens is 428 g/mol. The first-order valence-electron chi connectivity index (χ1n) is 11.1. The third-order valence-electron chi connectivity index (χ3n) is 6.45. The van der Waals surface area contributed by atoms with Gasteiger partial charge in [-0.05, 0) is 66.4 Å². The number of carbonyl (C=O) groups is 3. The quantitative estimate of drug-likeness (QED) is 0.566. The molecule has 1 aliphatic heterocycles. The maximum absolute atomic E-state index is 13.4. The van der Waals surface area contributed by atoms with E-state index in [2.05, 4.69) is 11.4 Å². The molecule has 1 N–H and O–H groups in total. The second-order valence-electron chi connectivity index (χ2n) is 8.73. The maximum atomic E-state index is 13.4. The van der Waals surface area contributed by atoms with Crippen molar-refractivity contribution in [2.45, 2.75) is 32.7 Å². The normalized spacial score (nSPS) is 17.5. The molecule has 1 unspecified atom stereocenters. The van der Waals surface area contributed by atoms with Crippen molar-refractivity contribution in [3.63, 3.8) is 0 Å². The Labute approximate surface area is 198 Å². The molecule has 0 aromatic heterocycles. The molecular formula is C27H26N4O3. The lowest BCUT2D eigenvalue weighted by molar-refractivity contribution is -0.134. The molecule has 1 fully saturated rings. The molecule has 0 saturated carbocycles. The molecule has 172 valence electrons. The Morgan fingerprint density at radius 3 is 2.47 bits per heavy atom. The highest BCUT2D eigenvalue weighted by atomic mass is 16.2. The topological polar surface area (TPSA) is 93.5 Å². The summed E-state index contributed by atoms with van der Waals surface area (Å²) in [7, 11) is 0. The summed E-state index contributed by atoms with van der Waals surface area (Å²) in [5, 5.41) is 13.8. The second kappa shape index (κ2) is 8.99. The van der Waals surface area contributed by atoms with Crippen molar-refractivity contribution in [1.82, 2.24) is 10.2 Å². The molecule has 7 nitrogen and oxygen atoms in total. The Bertz CT molecular complexity index is 1340. The number of nitrogens with zero attached hydrogens (tertiary/aromatic N) is 3. The van der Waals surface area contributed by atoms with Crippen molar-refractivity contribution in [1.29, 1.82) is 5.26 Å². The lowest BCUT2D eigenvalue weighted by atomic mass is 9.90. The van der Waals surface area contributed by atoms with Crippen LogP contribution in [0.25, 0.3) is 10.8 Å². The minimum Gasteiger partial charge on any atom is -0.319 e. The fraction of sp³-hybridized carbons (Fsp3) is 0.259. The van der Waals surface area contributed by atoms with Gasteiger partial charge in [-0.1, -0.05) is 42.5 Å².